The maximum Gasteiger partial charge on any atom is 0.332 e. The molecule has 0 saturated heterocycles. The lowest BCUT2D eigenvalue weighted by Crippen LogP contribution is -2.11. The fourth-order valence-corrected chi connectivity index (χ4v) is 2.65. The van der Waals surface area contributed by atoms with E-state index in [2.05, 4.69) is 5.16 Å². The van der Waals surface area contributed by atoms with E-state index in [-0.39, 0.29) is 0 Å². The molecule has 0 aromatic heterocycles. The SMILES string of the molecule is CC(=O)O/N=C(/c1ccccc1)c1ccc2ccccc2c1OC(C)=O. The van der Waals surface area contributed by atoms with Crippen molar-refractivity contribution in [3.05, 3.63) is 77.9 Å². The van der Waals surface area contributed by atoms with Gasteiger partial charge in [0.1, 0.15) is 11.5 Å². The average molecular weight is 347 g/mol. The van der Waals surface area contributed by atoms with Crippen molar-refractivity contribution in [2.24, 2.45) is 5.16 Å². The van der Waals surface area contributed by atoms with Crippen LogP contribution in [0.1, 0.15) is 25.0 Å². The highest BCUT2D eigenvalue weighted by molar-refractivity contribution is 6.17. The van der Waals surface area contributed by atoms with Crippen LogP contribution in [0.2, 0.25) is 0 Å². The minimum absolute atomic E-state index is 0.380. The van der Waals surface area contributed by atoms with Crippen LogP contribution in [-0.4, -0.2) is 17.7 Å². The molecule has 0 amide bonds. The number of benzene rings is 3. The summed E-state index contributed by atoms with van der Waals surface area (Å²) >= 11 is 0. The standard InChI is InChI=1S/C21H17NO4/c1-14(23)25-21-18-11-7-6-8-16(18)12-13-19(21)20(22-26-15(2)24)17-9-4-3-5-10-17/h3-13H,1-2H3/b22-20-. The van der Waals surface area contributed by atoms with Crippen molar-refractivity contribution < 1.29 is 19.2 Å². The largest absolute Gasteiger partial charge is 0.425 e. The highest BCUT2D eigenvalue weighted by Crippen LogP contribution is 2.32. The first-order valence-corrected chi connectivity index (χ1v) is 8.08. The zero-order valence-electron chi connectivity index (χ0n) is 14.4. The zero-order valence-corrected chi connectivity index (χ0v) is 14.4. The van der Waals surface area contributed by atoms with Gasteiger partial charge in [-0.1, -0.05) is 65.8 Å². The topological polar surface area (TPSA) is 65.0 Å². The Morgan fingerprint density at radius 2 is 1.50 bits per heavy atom. The van der Waals surface area contributed by atoms with Gasteiger partial charge in [0.15, 0.2) is 0 Å². The van der Waals surface area contributed by atoms with Gasteiger partial charge in [-0.3, -0.25) is 4.79 Å². The Kier molecular flexibility index (Phi) is 5.08. The van der Waals surface area contributed by atoms with E-state index in [1.54, 1.807) is 6.07 Å². The molecule has 0 aliphatic carbocycles. The van der Waals surface area contributed by atoms with Gasteiger partial charge in [-0.2, -0.15) is 0 Å². The second kappa shape index (κ2) is 7.61. The second-order valence-electron chi connectivity index (χ2n) is 5.65. The van der Waals surface area contributed by atoms with Crippen LogP contribution in [0.5, 0.6) is 5.75 Å². The van der Waals surface area contributed by atoms with Crippen molar-refractivity contribution in [3.63, 3.8) is 0 Å². The third-order valence-electron chi connectivity index (χ3n) is 3.69. The molecule has 0 heterocycles. The normalized spacial score (nSPS) is 11.2. The van der Waals surface area contributed by atoms with Crippen LogP contribution < -0.4 is 4.74 Å². The van der Waals surface area contributed by atoms with Gasteiger partial charge in [0.2, 0.25) is 0 Å². The third kappa shape index (κ3) is 3.78. The van der Waals surface area contributed by atoms with Crippen molar-refractivity contribution in [2.45, 2.75) is 13.8 Å². The molecule has 3 aromatic carbocycles. The van der Waals surface area contributed by atoms with Gasteiger partial charge in [0.05, 0.1) is 0 Å². The van der Waals surface area contributed by atoms with Crippen molar-refractivity contribution in [1.82, 2.24) is 0 Å². The van der Waals surface area contributed by atoms with Crippen LogP contribution in [-0.2, 0) is 14.4 Å². The molecule has 0 unspecified atom stereocenters. The Morgan fingerprint density at radius 1 is 0.808 bits per heavy atom. The molecule has 0 radical (unpaired) electrons. The van der Waals surface area contributed by atoms with Crippen LogP contribution in [0.3, 0.4) is 0 Å². The highest BCUT2D eigenvalue weighted by Gasteiger charge is 2.18. The van der Waals surface area contributed by atoms with Crippen molar-refractivity contribution in [2.75, 3.05) is 0 Å². The van der Waals surface area contributed by atoms with Gasteiger partial charge in [0.25, 0.3) is 0 Å². The quantitative estimate of drug-likeness (QED) is 0.234. The fourth-order valence-electron chi connectivity index (χ4n) is 2.65. The van der Waals surface area contributed by atoms with Crippen LogP contribution in [0.4, 0.5) is 0 Å². The number of carbonyl (C=O) groups excluding carboxylic acids is 2. The van der Waals surface area contributed by atoms with Crippen molar-refractivity contribution in [1.29, 1.82) is 0 Å². The van der Waals surface area contributed by atoms with E-state index >= 15 is 0 Å². The summed E-state index contributed by atoms with van der Waals surface area (Å²) in [6.07, 6.45) is 0. The molecule has 3 aromatic rings. The molecule has 0 spiro atoms. The molecule has 5 heteroatoms. The molecule has 3 rings (SSSR count). The molecule has 0 aliphatic heterocycles. The maximum atomic E-state index is 11.7. The number of hydrogen-bond acceptors (Lipinski definition) is 5. The van der Waals surface area contributed by atoms with E-state index in [1.165, 1.54) is 13.8 Å². The Labute approximate surface area is 150 Å². The molecule has 0 aliphatic rings. The second-order valence-corrected chi connectivity index (χ2v) is 5.65. The van der Waals surface area contributed by atoms with Gasteiger partial charge in [-0.25, -0.2) is 4.79 Å². The third-order valence-corrected chi connectivity index (χ3v) is 3.69. The first-order chi connectivity index (χ1) is 12.6. The Bertz CT molecular complexity index is 993. The van der Waals surface area contributed by atoms with E-state index in [4.69, 9.17) is 9.57 Å². The van der Waals surface area contributed by atoms with E-state index in [0.717, 1.165) is 16.3 Å². The molecule has 0 N–H and O–H groups in total. The lowest BCUT2D eigenvalue weighted by atomic mass is 9.98. The summed E-state index contributed by atoms with van der Waals surface area (Å²) < 4.78 is 5.51. The Hall–Kier alpha value is -3.47. The van der Waals surface area contributed by atoms with Crippen LogP contribution in [0.25, 0.3) is 10.8 Å². The molecule has 130 valence electrons. The van der Waals surface area contributed by atoms with Crippen molar-refractivity contribution >= 4 is 28.4 Å². The monoisotopic (exact) mass is 347 g/mol. The molecule has 0 fully saturated rings. The number of fused-ring (bicyclic) bond motifs is 1. The molecule has 5 nitrogen and oxygen atoms in total. The van der Waals surface area contributed by atoms with Crippen LogP contribution in [0, 0.1) is 0 Å². The first kappa shape index (κ1) is 17.4. The smallest absolute Gasteiger partial charge is 0.332 e. The van der Waals surface area contributed by atoms with Gasteiger partial charge in [-0.15, -0.1) is 0 Å². The van der Waals surface area contributed by atoms with Gasteiger partial charge >= 0.3 is 11.9 Å². The minimum Gasteiger partial charge on any atom is -0.425 e. The summed E-state index contributed by atoms with van der Waals surface area (Å²) in [5.74, 6) is -0.596. The number of carbonyl (C=O) groups is 2. The summed E-state index contributed by atoms with van der Waals surface area (Å²) in [5, 5.41) is 5.71. The van der Waals surface area contributed by atoms with Gasteiger partial charge in [0, 0.05) is 30.4 Å². The molecule has 0 bridgehead atoms. The maximum absolute atomic E-state index is 11.7. The highest BCUT2D eigenvalue weighted by atomic mass is 16.7. The van der Waals surface area contributed by atoms with E-state index in [1.807, 2.05) is 60.7 Å². The van der Waals surface area contributed by atoms with Gasteiger partial charge in [-0.05, 0) is 11.5 Å². The lowest BCUT2D eigenvalue weighted by Gasteiger charge is -2.14. The number of hydrogen-bond donors (Lipinski definition) is 0. The van der Waals surface area contributed by atoms with Crippen molar-refractivity contribution in [3.8, 4) is 5.75 Å². The van der Waals surface area contributed by atoms with E-state index in [0.29, 0.717) is 17.0 Å². The summed E-state index contributed by atoms with van der Waals surface area (Å²) in [5.41, 5.74) is 1.70. The van der Waals surface area contributed by atoms with E-state index < -0.39 is 11.9 Å². The Balaban J connectivity index is 2.26. The van der Waals surface area contributed by atoms with Crippen LogP contribution >= 0.6 is 0 Å². The molecular weight excluding hydrogens is 330 g/mol. The first-order valence-electron chi connectivity index (χ1n) is 8.08. The Morgan fingerprint density at radius 3 is 2.19 bits per heavy atom. The van der Waals surface area contributed by atoms with Gasteiger partial charge < -0.3 is 9.57 Å². The number of ether oxygens (including phenoxy) is 1. The lowest BCUT2D eigenvalue weighted by molar-refractivity contribution is -0.141. The molecule has 0 saturated carbocycles. The zero-order chi connectivity index (χ0) is 18.5. The predicted octanol–water partition coefficient (Wildman–Crippen LogP) is 4.08. The number of nitrogens with zero attached hydrogens (tertiary/aromatic N) is 1. The molecule has 0 atom stereocenters. The van der Waals surface area contributed by atoms with E-state index in [9.17, 15) is 9.59 Å². The minimum atomic E-state index is -0.534. The molecular formula is C21H17NO4. The summed E-state index contributed by atoms with van der Waals surface area (Å²) in [4.78, 5) is 27.9. The van der Waals surface area contributed by atoms with Crippen LogP contribution in [0.15, 0.2) is 71.9 Å². The molecule has 26 heavy (non-hydrogen) atoms. The fraction of sp³-hybridized carbons (Fsp3) is 0.0952. The average Bonchev–Trinajstić information content (AvgIpc) is 2.63. The summed E-state index contributed by atoms with van der Waals surface area (Å²) in [6.45, 7) is 2.62. The summed E-state index contributed by atoms with van der Waals surface area (Å²) in [6, 6.07) is 20.5. The summed E-state index contributed by atoms with van der Waals surface area (Å²) in [7, 11) is 0. The number of rotatable bonds is 4. The number of esters is 1. The number of oxime groups is 1. The predicted molar refractivity (Wildman–Crippen MR) is 99.1 cm³/mol.